The SMILES string of the molecule is O=C1c2ccc(-c3ccncc3)cc2CN1C1CN2CCC1CC2. The second kappa shape index (κ2) is 5.42. The normalized spacial score (nSPS) is 28.2. The van der Waals surface area contributed by atoms with E-state index in [0.717, 1.165) is 24.2 Å². The zero-order valence-electron chi connectivity index (χ0n) is 13.7. The minimum Gasteiger partial charge on any atom is -0.330 e. The second-order valence-electron chi connectivity index (χ2n) is 7.25. The average Bonchev–Trinajstić information content (AvgIpc) is 2.99. The second-order valence-corrected chi connectivity index (χ2v) is 7.25. The molecule has 3 fully saturated rings. The molecule has 3 saturated heterocycles. The van der Waals surface area contributed by atoms with Crippen LogP contribution in [0.2, 0.25) is 0 Å². The van der Waals surface area contributed by atoms with E-state index in [1.165, 1.54) is 37.1 Å². The van der Waals surface area contributed by atoms with Gasteiger partial charge in [-0.15, -0.1) is 0 Å². The van der Waals surface area contributed by atoms with Gasteiger partial charge in [-0.3, -0.25) is 9.78 Å². The summed E-state index contributed by atoms with van der Waals surface area (Å²) >= 11 is 0. The van der Waals surface area contributed by atoms with E-state index in [1.54, 1.807) is 0 Å². The molecule has 5 heterocycles. The van der Waals surface area contributed by atoms with Crippen LogP contribution in [0.5, 0.6) is 0 Å². The molecule has 4 nitrogen and oxygen atoms in total. The van der Waals surface area contributed by atoms with Crippen LogP contribution in [0.1, 0.15) is 28.8 Å². The Labute approximate surface area is 142 Å². The topological polar surface area (TPSA) is 36.4 Å². The number of rotatable bonds is 2. The van der Waals surface area contributed by atoms with Crippen LogP contribution in [-0.2, 0) is 6.54 Å². The first-order valence-corrected chi connectivity index (χ1v) is 8.86. The summed E-state index contributed by atoms with van der Waals surface area (Å²) in [4.78, 5) is 21.7. The summed E-state index contributed by atoms with van der Waals surface area (Å²) in [5.41, 5.74) is 4.39. The molecule has 0 radical (unpaired) electrons. The lowest BCUT2D eigenvalue weighted by molar-refractivity contribution is 0.00846. The van der Waals surface area contributed by atoms with Gasteiger partial charge in [-0.2, -0.15) is 0 Å². The molecule has 0 spiro atoms. The van der Waals surface area contributed by atoms with Crippen LogP contribution in [0.3, 0.4) is 0 Å². The van der Waals surface area contributed by atoms with Crippen molar-refractivity contribution in [2.75, 3.05) is 19.6 Å². The first-order chi connectivity index (χ1) is 11.8. The van der Waals surface area contributed by atoms with Gasteiger partial charge in [0.15, 0.2) is 0 Å². The summed E-state index contributed by atoms with van der Waals surface area (Å²) in [5, 5.41) is 0. The number of piperidine rings is 3. The van der Waals surface area contributed by atoms with Gasteiger partial charge in [0.2, 0.25) is 0 Å². The molecule has 1 aromatic carbocycles. The summed E-state index contributed by atoms with van der Waals surface area (Å²) < 4.78 is 0. The van der Waals surface area contributed by atoms with Crippen molar-refractivity contribution in [1.29, 1.82) is 0 Å². The molecule has 1 aromatic heterocycles. The lowest BCUT2D eigenvalue weighted by Gasteiger charge is -2.48. The fourth-order valence-electron chi connectivity index (χ4n) is 4.62. The fraction of sp³-hybridized carbons (Fsp3) is 0.400. The van der Waals surface area contributed by atoms with Crippen LogP contribution in [0.4, 0.5) is 0 Å². The van der Waals surface area contributed by atoms with Crippen LogP contribution in [0.15, 0.2) is 42.7 Å². The van der Waals surface area contributed by atoms with Gasteiger partial charge < -0.3 is 9.80 Å². The number of amides is 1. The number of pyridine rings is 1. The van der Waals surface area contributed by atoms with Gasteiger partial charge in [0, 0.05) is 37.1 Å². The zero-order valence-corrected chi connectivity index (χ0v) is 13.7. The van der Waals surface area contributed by atoms with E-state index < -0.39 is 0 Å². The van der Waals surface area contributed by atoms with E-state index >= 15 is 0 Å². The molecule has 0 N–H and O–H groups in total. The van der Waals surface area contributed by atoms with Crippen LogP contribution in [0.25, 0.3) is 11.1 Å². The van der Waals surface area contributed by atoms with E-state index in [-0.39, 0.29) is 5.91 Å². The first kappa shape index (κ1) is 14.2. The summed E-state index contributed by atoms with van der Waals surface area (Å²) in [6.45, 7) is 4.24. The van der Waals surface area contributed by atoms with E-state index in [0.29, 0.717) is 12.0 Å². The Hall–Kier alpha value is -2.20. The van der Waals surface area contributed by atoms with Gasteiger partial charge in [0.25, 0.3) is 5.91 Å². The summed E-state index contributed by atoms with van der Waals surface area (Å²) in [7, 11) is 0. The van der Waals surface area contributed by atoms with Crippen molar-refractivity contribution in [3.05, 3.63) is 53.9 Å². The highest BCUT2D eigenvalue weighted by atomic mass is 16.2. The van der Waals surface area contributed by atoms with Crippen LogP contribution in [-0.4, -0.2) is 46.4 Å². The number of benzene rings is 1. The molecule has 0 aliphatic carbocycles. The Morgan fingerprint density at radius 2 is 1.79 bits per heavy atom. The minimum atomic E-state index is 0.227. The fourth-order valence-corrected chi connectivity index (χ4v) is 4.62. The third kappa shape index (κ3) is 2.17. The quantitative estimate of drug-likeness (QED) is 0.854. The summed E-state index contributed by atoms with van der Waals surface area (Å²) in [5.74, 6) is 0.915. The van der Waals surface area contributed by atoms with Crippen molar-refractivity contribution in [2.45, 2.75) is 25.4 Å². The molecule has 2 aromatic rings. The maximum Gasteiger partial charge on any atom is 0.254 e. The molecule has 4 heteroatoms. The highest BCUT2D eigenvalue weighted by Gasteiger charge is 2.42. The number of hydrogen-bond donors (Lipinski definition) is 0. The molecule has 1 amide bonds. The number of nitrogens with zero attached hydrogens (tertiary/aromatic N) is 3. The van der Waals surface area contributed by atoms with E-state index in [2.05, 4.69) is 26.9 Å². The predicted octanol–water partition coefficient (Wildman–Crippen LogP) is 2.80. The van der Waals surface area contributed by atoms with E-state index in [9.17, 15) is 4.79 Å². The van der Waals surface area contributed by atoms with Crippen molar-refractivity contribution in [2.24, 2.45) is 5.92 Å². The lowest BCUT2D eigenvalue weighted by atomic mass is 9.83. The molecule has 24 heavy (non-hydrogen) atoms. The summed E-state index contributed by atoms with van der Waals surface area (Å²) in [6, 6.07) is 10.7. The molecule has 1 unspecified atom stereocenters. The van der Waals surface area contributed by atoms with Crippen molar-refractivity contribution in [3.63, 3.8) is 0 Å². The molecule has 6 rings (SSSR count). The number of aromatic nitrogens is 1. The molecule has 4 aliphatic heterocycles. The highest BCUT2D eigenvalue weighted by Crippen LogP contribution is 2.36. The standard InChI is InChI=1S/C20H21N3O/c24-20-18-2-1-16(14-3-7-21-8-4-14)11-17(18)12-23(20)19-13-22-9-5-15(19)6-10-22/h1-4,7-8,11,15,19H,5-6,9-10,12-13H2. The number of carbonyl (C=O) groups is 1. The molecule has 1 atom stereocenters. The molecule has 4 aliphatic rings. The Kier molecular flexibility index (Phi) is 3.20. The Morgan fingerprint density at radius 3 is 2.50 bits per heavy atom. The van der Waals surface area contributed by atoms with Crippen LogP contribution >= 0.6 is 0 Å². The average molecular weight is 319 g/mol. The van der Waals surface area contributed by atoms with Gasteiger partial charge in [-0.1, -0.05) is 6.07 Å². The first-order valence-electron chi connectivity index (χ1n) is 8.86. The van der Waals surface area contributed by atoms with Crippen molar-refractivity contribution < 1.29 is 4.79 Å². The smallest absolute Gasteiger partial charge is 0.254 e. The van der Waals surface area contributed by atoms with Gasteiger partial charge in [-0.05, 0) is 72.8 Å². The van der Waals surface area contributed by atoms with Crippen molar-refractivity contribution in [3.8, 4) is 11.1 Å². The van der Waals surface area contributed by atoms with Crippen molar-refractivity contribution in [1.82, 2.24) is 14.8 Å². The Bertz CT molecular complexity index is 781. The largest absolute Gasteiger partial charge is 0.330 e. The van der Waals surface area contributed by atoms with Crippen LogP contribution < -0.4 is 0 Å². The van der Waals surface area contributed by atoms with Gasteiger partial charge in [0.05, 0.1) is 0 Å². The third-order valence-electron chi connectivity index (χ3n) is 5.97. The van der Waals surface area contributed by atoms with Gasteiger partial charge >= 0.3 is 0 Å². The lowest BCUT2D eigenvalue weighted by Crippen LogP contribution is -2.57. The molecular weight excluding hydrogens is 298 g/mol. The van der Waals surface area contributed by atoms with E-state index in [1.807, 2.05) is 30.6 Å². The van der Waals surface area contributed by atoms with Gasteiger partial charge in [-0.25, -0.2) is 0 Å². The molecular formula is C20H21N3O. The molecule has 2 bridgehead atoms. The Morgan fingerprint density at radius 1 is 1.00 bits per heavy atom. The summed E-state index contributed by atoms with van der Waals surface area (Å²) in [6.07, 6.45) is 6.11. The van der Waals surface area contributed by atoms with Crippen molar-refractivity contribution >= 4 is 5.91 Å². The van der Waals surface area contributed by atoms with Gasteiger partial charge in [0.1, 0.15) is 0 Å². The molecule has 122 valence electrons. The number of carbonyl (C=O) groups excluding carboxylic acids is 1. The zero-order chi connectivity index (χ0) is 16.1. The highest BCUT2D eigenvalue weighted by molar-refractivity contribution is 5.99. The van der Waals surface area contributed by atoms with Crippen LogP contribution in [0, 0.1) is 5.92 Å². The van der Waals surface area contributed by atoms with E-state index in [4.69, 9.17) is 0 Å². The Balaban J connectivity index is 1.45. The maximum absolute atomic E-state index is 12.9. The number of hydrogen-bond acceptors (Lipinski definition) is 3. The molecule has 0 saturated carbocycles. The minimum absolute atomic E-state index is 0.227. The number of fused-ring (bicyclic) bond motifs is 4. The monoisotopic (exact) mass is 319 g/mol. The third-order valence-corrected chi connectivity index (χ3v) is 5.97. The maximum atomic E-state index is 12.9. The predicted molar refractivity (Wildman–Crippen MR) is 92.5 cm³/mol.